The van der Waals surface area contributed by atoms with Gasteiger partial charge in [0.25, 0.3) is 0 Å². The van der Waals surface area contributed by atoms with E-state index in [0.29, 0.717) is 11.3 Å². The summed E-state index contributed by atoms with van der Waals surface area (Å²) in [5.41, 5.74) is 8.91. The summed E-state index contributed by atoms with van der Waals surface area (Å²) in [7, 11) is 0. The summed E-state index contributed by atoms with van der Waals surface area (Å²) in [6.45, 7) is 24.6. The van der Waals surface area contributed by atoms with Crippen LogP contribution in [0.3, 0.4) is 0 Å². The summed E-state index contributed by atoms with van der Waals surface area (Å²) < 4.78 is 1.42. The molecule has 0 bridgehead atoms. The average Bonchev–Trinajstić information content (AvgIpc) is 3.60. The van der Waals surface area contributed by atoms with Gasteiger partial charge < -0.3 is 24.8 Å². The zero-order valence-corrected chi connectivity index (χ0v) is 34.7. The first kappa shape index (κ1) is 41.7. The minimum Gasteiger partial charge on any atom is -1.00 e. The fourth-order valence-corrected chi connectivity index (χ4v) is 6.30. The van der Waals surface area contributed by atoms with Crippen molar-refractivity contribution >= 4 is 24.8 Å². The molecule has 0 aromatic heterocycles. The van der Waals surface area contributed by atoms with Gasteiger partial charge in [-0.05, 0) is 10.8 Å². The molecule has 0 fully saturated rings. The molecule has 3 heteroatoms. The van der Waals surface area contributed by atoms with Crippen molar-refractivity contribution in [3.63, 3.8) is 0 Å². The van der Waals surface area contributed by atoms with Gasteiger partial charge in [0.05, 0.1) is 0 Å². The predicted octanol–water partition coefficient (Wildman–Crippen LogP) is 6.39. The van der Waals surface area contributed by atoms with Crippen LogP contribution in [0.25, 0.3) is 21.5 Å². The smallest absolute Gasteiger partial charge is 1.00 e. The number of allylic oxidation sites excluding steroid dienone is 4. The maximum absolute atomic E-state index is 3.26. The van der Waals surface area contributed by atoms with Crippen molar-refractivity contribution in [2.75, 3.05) is 0 Å². The van der Waals surface area contributed by atoms with Crippen LogP contribution in [0.5, 0.6) is 0 Å². The number of hydrogen-bond acceptors (Lipinski definition) is 0. The molecule has 1 aliphatic carbocycles. The Morgan fingerprint density at radius 1 is 0.625 bits per heavy atom. The third kappa shape index (κ3) is 11.0. The fourth-order valence-electron chi connectivity index (χ4n) is 5.48. The van der Waals surface area contributed by atoms with Crippen molar-refractivity contribution in [2.24, 2.45) is 11.3 Å². The van der Waals surface area contributed by atoms with E-state index in [1.807, 2.05) is 0 Å². The van der Waals surface area contributed by atoms with Crippen LogP contribution in [-0.2, 0) is 35.1 Å². The first-order valence-electron chi connectivity index (χ1n) is 16.6. The van der Waals surface area contributed by atoms with Crippen LogP contribution in [0.15, 0.2) is 115 Å². The average molecular weight is 755 g/mol. The van der Waals surface area contributed by atoms with Crippen molar-refractivity contribution in [2.45, 2.75) is 87.0 Å². The van der Waals surface area contributed by atoms with Gasteiger partial charge in [-0.2, -0.15) is 11.6 Å². The molecular weight excluding hydrogens is 703 g/mol. The molecule has 5 aromatic carbocycles. The van der Waals surface area contributed by atoms with E-state index in [1.54, 1.807) is 0 Å². The number of rotatable bonds is 2. The van der Waals surface area contributed by atoms with Crippen LogP contribution in [0.4, 0.5) is 0 Å². The third-order valence-electron chi connectivity index (χ3n) is 8.64. The molecule has 0 amide bonds. The maximum atomic E-state index is 3.26. The summed E-state index contributed by atoms with van der Waals surface area (Å²) in [4.78, 5) is 0. The summed E-state index contributed by atoms with van der Waals surface area (Å²) >= 11 is 1.46. The summed E-state index contributed by atoms with van der Waals surface area (Å²) in [6, 6.07) is 35.5. The standard InChI is InChI=1S/C21H25.C14H12.C10H15.2ClH.Zr/c1-20(2,3)16-9-7-14-11-15-8-10-17(21(4,5)6)13-19(15)18(14)12-16;1-12-7-9-14(10-8-12)11-13-5-3-2-4-6-13;1-8-5-6-9(7-8)10(2,3)4;;;/h7-13H,1-6H3;2-10H,1H3;6-8H,1-4H3;2*1H;/q-1;;-1;;;+2/p-2. The van der Waals surface area contributed by atoms with Crippen LogP contribution in [0, 0.1) is 24.3 Å². The molecule has 6 rings (SSSR count). The van der Waals surface area contributed by atoms with Crippen LogP contribution in [0.2, 0.25) is 0 Å². The number of aryl methyl sites for hydroxylation is 1. The molecule has 5 aromatic rings. The number of hydrogen-bond donors (Lipinski definition) is 0. The Kier molecular flexibility index (Phi) is 14.8. The molecule has 0 radical (unpaired) electrons. The Morgan fingerprint density at radius 2 is 1.08 bits per heavy atom. The van der Waals surface area contributed by atoms with Crippen molar-refractivity contribution in [3.8, 4) is 0 Å². The monoisotopic (exact) mass is 752 g/mol. The number of fused-ring (bicyclic) bond motifs is 3. The van der Waals surface area contributed by atoms with Crippen molar-refractivity contribution in [1.82, 2.24) is 0 Å². The Labute approximate surface area is 318 Å². The Balaban J connectivity index is 0.000000261. The van der Waals surface area contributed by atoms with E-state index in [0.717, 1.165) is 0 Å². The molecule has 0 nitrogen and oxygen atoms in total. The van der Waals surface area contributed by atoms with Gasteiger partial charge in [-0.25, -0.2) is 6.08 Å². The van der Waals surface area contributed by atoms with E-state index in [1.165, 1.54) is 82.4 Å². The van der Waals surface area contributed by atoms with Gasteiger partial charge in [-0.1, -0.05) is 116 Å². The van der Waals surface area contributed by atoms with Gasteiger partial charge in [0.1, 0.15) is 0 Å². The topological polar surface area (TPSA) is 0 Å². The molecule has 252 valence electrons. The first-order chi connectivity index (χ1) is 21.4. The van der Waals surface area contributed by atoms with E-state index < -0.39 is 0 Å². The molecule has 48 heavy (non-hydrogen) atoms. The second kappa shape index (κ2) is 17.0. The second-order valence-electron chi connectivity index (χ2n) is 15.8. The van der Waals surface area contributed by atoms with Crippen LogP contribution in [-0.4, -0.2) is 3.21 Å². The summed E-state index contributed by atoms with van der Waals surface area (Å²) in [5, 5.41) is 5.49. The predicted molar refractivity (Wildman–Crippen MR) is 200 cm³/mol. The minimum absolute atomic E-state index is 0. The molecule has 1 unspecified atom stereocenters. The molecule has 0 saturated heterocycles. The molecule has 0 saturated carbocycles. The van der Waals surface area contributed by atoms with E-state index >= 15 is 0 Å². The normalized spacial score (nSPS) is 14.2. The molecular formula is C45H52Cl2Zr-2. The molecule has 1 aliphatic rings. The van der Waals surface area contributed by atoms with Gasteiger partial charge in [-0.15, -0.1) is 39.7 Å². The number of halogens is 2. The number of benzene rings is 4. The van der Waals surface area contributed by atoms with Gasteiger partial charge in [0.15, 0.2) is 0 Å². The minimum atomic E-state index is 0. The summed E-state index contributed by atoms with van der Waals surface area (Å²) in [6.07, 6.45) is 7.65. The third-order valence-corrected chi connectivity index (χ3v) is 10.1. The zero-order valence-electron chi connectivity index (χ0n) is 30.7. The van der Waals surface area contributed by atoms with E-state index in [2.05, 4.69) is 191 Å². The van der Waals surface area contributed by atoms with Crippen LogP contribution in [0.1, 0.15) is 97.1 Å². The molecule has 0 heterocycles. The fraction of sp³-hybridized carbons (Fsp3) is 0.333. The molecule has 0 N–H and O–H groups in total. The molecule has 0 aliphatic heterocycles. The van der Waals surface area contributed by atoms with E-state index in [4.69, 9.17) is 0 Å². The van der Waals surface area contributed by atoms with Gasteiger partial charge in [0.2, 0.25) is 0 Å². The van der Waals surface area contributed by atoms with Gasteiger partial charge >= 0.3 is 106 Å². The van der Waals surface area contributed by atoms with Crippen LogP contribution >= 0.6 is 0 Å². The molecule has 0 spiro atoms. The first-order valence-corrected chi connectivity index (χ1v) is 17.8. The molecule has 1 atom stereocenters. The van der Waals surface area contributed by atoms with Crippen molar-refractivity contribution in [3.05, 3.63) is 149 Å². The summed E-state index contributed by atoms with van der Waals surface area (Å²) in [5.74, 6) is 0.522. The maximum Gasteiger partial charge on any atom is -1.00 e. The zero-order chi connectivity index (χ0) is 33.9. The SMILES string of the molecule is CC(C)(C)c1ccc2[cH-]c3ccc(C(C)(C)C)cc3c2c1.CC1[C-]=CC(C(C)(C)C)=C1.Cc1ccc([C](=[Zr+2])c2ccccc2)cc1.[Cl-].[Cl-]. The van der Waals surface area contributed by atoms with E-state index in [-0.39, 0.29) is 35.6 Å². The largest absolute Gasteiger partial charge is 1.00 e. The van der Waals surface area contributed by atoms with Crippen LogP contribution < -0.4 is 24.8 Å². The Hall–Kier alpha value is -2.44. The Morgan fingerprint density at radius 3 is 1.46 bits per heavy atom. The van der Waals surface area contributed by atoms with Crippen molar-refractivity contribution < 1.29 is 49.0 Å². The van der Waals surface area contributed by atoms with Crippen molar-refractivity contribution in [1.29, 1.82) is 0 Å². The quantitative estimate of drug-likeness (QED) is 0.184. The second-order valence-corrected chi connectivity index (χ2v) is 17.1. The Bertz CT molecular complexity index is 1780. The van der Waals surface area contributed by atoms with Gasteiger partial charge in [0, 0.05) is 0 Å². The van der Waals surface area contributed by atoms with E-state index in [9.17, 15) is 0 Å². The van der Waals surface area contributed by atoms with Gasteiger partial charge in [-0.3, -0.25) is 6.08 Å².